The average Bonchev–Trinajstić information content (AvgIpc) is 2.64. The molecular formula is C18H17BrCl2N2O3S. The van der Waals surface area contributed by atoms with Crippen LogP contribution in [0.5, 0.6) is 0 Å². The summed E-state index contributed by atoms with van der Waals surface area (Å²) in [6, 6.07) is 11.3. The molecule has 1 aliphatic heterocycles. The Kier molecular flexibility index (Phi) is 6.48. The molecule has 3 rings (SSSR count). The number of benzene rings is 2. The molecule has 1 fully saturated rings. The van der Waals surface area contributed by atoms with Crippen molar-refractivity contribution < 1.29 is 13.2 Å². The number of hydrogen-bond donors (Lipinski definition) is 1. The molecule has 0 aliphatic carbocycles. The third-order valence-corrected chi connectivity index (χ3v) is 7.35. The van der Waals surface area contributed by atoms with Gasteiger partial charge in [0.05, 0.1) is 21.5 Å². The highest BCUT2D eigenvalue weighted by molar-refractivity contribution is 9.10. The molecule has 1 saturated heterocycles. The van der Waals surface area contributed by atoms with Crippen LogP contribution in [0.25, 0.3) is 0 Å². The second-order valence-electron chi connectivity index (χ2n) is 6.27. The molecule has 0 unspecified atom stereocenters. The number of amides is 1. The molecule has 1 aliphatic rings. The molecule has 0 spiro atoms. The highest BCUT2D eigenvalue weighted by Crippen LogP contribution is 2.28. The highest BCUT2D eigenvalue weighted by atomic mass is 79.9. The molecule has 2 aromatic carbocycles. The van der Waals surface area contributed by atoms with Gasteiger partial charge in [0.25, 0.3) is 0 Å². The lowest BCUT2D eigenvalue weighted by Gasteiger charge is -2.31. The molecule has 1 amide bonds. The number of halogens is 3. The van der Waals surface area contributed by atoms with Crippen molar-refractivity contribution in [3.63, 3.8) is 0 Å². The number of nitrogens with one attached hydrogen (secondary N) is 1. The van der Waals surface area contributed by atoms with Crippen LogP contribution in [0.2, 0.25) is 10.0 Å². The second-order valence-corrected chi connectivity index (χ2v) is 9.97. The Balaban J connectivity index is 1.73. The van der Waals surface area contributed by atoms with E-state index in [1.165, 1.54) is 4.31 Å². The van der Waals surface area contributed by atoms with Gasteiger partial charge in [-0.3, -0.25) is 4.79 Å². The minimum Gasteiger partial charge on any atom is -0.324 e. The van der Waals surface area contributed by atoms with Crippen LogP contribution in [0.3, 0.4) is 0 Å². The monoisotopic (exact) mass is 490 g/mol. The molecule has 0 bridgehead atoms. The van der Waals surface area contributed by atoms with E-state index in [0.717, 1.165) is 4.47 Å². The lowest BCUT2D eigenvalue weighted by atomic mass is 9.99. The van der Waals surface area contributed by atoms with Crippen molar-refractivity contribution in [1.82, 2.24) is 4.31 Å². The normalized spacial score (nSPS) is 18.3. The van der Waals surface area contributed by atoms with E-state index in [1.54, 1.807) is 42.5 Å². The number of nitrogens with zero attached hydrogens (tertiary/aromatic N) is 1. The van der Waals surface area contributed by atoms with Gasteiger partial charge in [-0.25, -0.2) is 8.42 Å². The number of sulfonamides is 1. The van der Waals surface area contributed by atoms with Crippen LogP contribution in [0, 0.1) is 5.92 Å². The van der Waals surface area contributed by atoms with Crippen molar-refractivity contribution in [3.8, 4) is 0 Å². The summed E-state index contributed by atoms with van der Waals surface area (Å²) >= 11 is 15.3. The molecule has 27 heavy (non-hydrogen) atoms. The van der Waals surface area contributed by atoms with Crippen molar-refractivity contribution in [2.75, 3.05) is 18.4 Å². The van der Waals surface area contributed by atoms with Crippen molar-refractivity contribution in [1.29, 1.82) is 0 Å². The van der Waals surface area contributed by atoms with Crippen LogP contribution in [0.4, 0.5) is 5.69 Å². The van der Waals surface area contributed by atoms with E-state index in [4.69, 9.17) is 23.2 Å². The molecule has 2 aromatic rings. The van der Waals surface area contributed by atoms with Gasteiger partial charge in [0.1, 0.15) is 0 Å². The summed E-state index contributed by atoms with van der Waals surface area (Å²) in [5.74, 6) is -0.703. The van der Waals surface area contributed by atoms with Crippen molar-refractivity contribution in [2.24, 2.45) is 5.92 Å². The van der Waals surface area contributed by atoms with E-state index in [-0.39, 0.29) is 17.3 Å². The number of piperidine rings is 1. The van der Waals surface area contributed by atoms with E-state index in [9.17, 15) is 13.2 Å². The van der Waals surface area contributed by atoms with Crippen LogP contribution in [0.1, 0.15) is 12.8 Å². The van der Waals surface area contributed by atoms with E-state index < -0.39 is 15.9 Å². The van der Waals surface area contributed by atoms with Gasteiger partial charge in [-0.05, 0) is 55.3 Å². The summed E-state index contributed by atoms with van der Waals surface area (Å²) in [7, 11) is -3.64. The zero-order valence-corrected chi connectivity index (χ0v) is 18.1. The van der Waals surface area contributed by atoms with Gasteiger partial charge in [0.15, 0.2) is 0 Å². The third-order valence-electron chi connectivity index (χ3n) is 4.40. The number of carbonyl (C=O) groups excluding carboxylic acids is 1. The molecular weight excluding hydrogens is 475 g/mol. The van der Waals surface area contributed by atoms with Gasteiger partial charge in [0, 0.05) is 22.6 Å². The Morgan fingerprint density at radius 3 is 2.52 bits per heavy atom. The van der Waals surface area contributed by atoms with Gasteiger partial charge in [0.2, 0.25) is 15.9 Å². The molecule has 0 radical (unpaired) electrons. The van der Waals surface area contributed by atoms with Gasteiger partial charge < -0.3 is 5.32 Å². The maximum absolute atomic E-state index is 12.9. The summed E-state index contributed by atoms with van der Waals surface area (Å²) < 4.78 is 27.9. The fourth-order valence-electron chi connectivity index (χ4n) is 2.96. The zero-order chi connectivity index (χ0) is 19.6. The molecule has 1 N–H and O–H groups in total. The summed E-state index contributed by atoms with van der Waals surface area (Å²) in [5.41, 5.74) is 0.457. The van der Waals surface area contributed by atoms with E-state index >= 15 is 0 Å². The van der Waals surface area contributed by atoms with Crippen LogP contribution in [0.15, 0.2) is 51.8 Å². The molecule has 1 heterocycles. The van der Waals surface area contributed by atoms with Crippen molar-refractivity contribution in [2.45, 2.75) is 17.7 Å². The smallest absolute Gasteiger partial charge is 0.243 e. The average molecular weight is 492 g/mol. The highest BCUT2D eigenvalue weighted by Gasteiger charge is 2.33. The largest absolute Gasteiger partial charge is 0.324 e. The predicted octanol–water partition coefficient (Wildman–Crippen LogP) is 4.80. The maximum Gasteiger partial charge on any atom is 0.243 e. The Labute approximate surface area is 176 Å². The molecule has 0 aromatic heterocycles. The fourth-order valence-corrected chi connectivity index (χ4v) is 5.20. The molecule has 0 saturated carbocycles. The maximum atomic E-state index is 12.9. The lowest BCUT2D eigenvalue weighted by Crippen LogP contribution is -2.43. The first-order chi connectivity index (χ1) is 12.8. The summed E-state index contributed by atoms with van der Waals surface area (Å²) in [4.78, 5) is 12.8. The Morgan fingerprint density at radius 2 is 1.85 bits per heavy atom. The summed E-state index contributed by atoms with van der Waals surface area (Å²) in [6.07, 6.45) is 1.23. The van der Waals surface area contributed by atoms with E-state index in [0.29, 0.717) is 35.1 Å². The van der Waals surface area contributed by atoms with Gasteiger partial charge in [-0.15, -0.1) is 0 Å². The van der Waals surface area contributed by atoms with Crippen molar-refractivity contribution in [3.05, 3.63) is 57.0 Å². The standard InChI is InChI=1S/C18H17BrCl2N2O3S/c19-13-3-6-15(7-4-13)27(25,26)23-9-1-2-12(11-23)18(24)22-17-8-5-14(20)10-16(17)21/h3-8,10,12H,1-2,9,11H2,(H,22,24)/t12-/m1/s1. The first kappa shape index (κ1) is 20.6. The Bertz CT molecular complexity index is 952. The minimum atomic E-state index is -3.64. The minimum absolute atomic E-state index is 0.134. The van der Waals surface area contributed by atoms with Gasteiger partial charge >= 0.3 is 0 Å². The predicted molar refractivity (Wildman–Crippen MR) is 111 cm³/mol. The van der Waals surface area contributed by atoms with E-state index in [1.807, 2.05) is 0 Å². The van der Waals surface area contributed by atoms with Crippen molar-refractivity contribution >= 4 is 60.7 Å². The van der Waals surface area contributed by atoms with Gasteiger partial charge in [-0.2, -0.15) is 4.31 Å². The van der Waals surface area contributed by atoms with Crippen LogP contribution in [-0.4, -0.2) is 31.7 Å². The lowest BCUT2D eigenvalue weighted by molar-refractivity contribution is -0.120. The molecule has 144 valence electrons. The Hall–Kier alpha value is -1.12. The molecule has 9 heteroatoms. The quantitative estimate of drug-likeness (QED) is 0.668. The number of rotatable bonds is 4. The number of hydrogen-bond acceptors (Lipinski definition) is 3. The number of carbonyl (C=O) groups is 1. The topological polar surface area (TPSA) is 66.5 Å². The SMILES string of the molecule is O=C(Nc1ccc(Cl)cc1Cl)[C@@H]1CCCN(S(=O)(=O)c2ccc(Br)cc2)C1. The van der Waals surface area contributed by atoms with Crippen LogP contribution >= 0.6 is 39.1 Å². The first-order valence-electron chi connectivity index (χ1n) is 8.29. The summed E-state index contributed by atoms with van der Waals surface area (Å²) in [5, 5.41) is 3.58. The van der Waals surface area contributed by atoms with Crippen LogP contribution < -0.4 is 5.32 Å². The molecule has 1 atom stereocenters. The summed E-state index contributed by atoms with van der Waals surface area (Å²) in [6.45, 7) is 0.527. The molecule has 5 nitrogen and oxygen atoms in total. The Morgan fingerprint density at radius 1 is 1.15 bits per heavy atom. The van der Waals surface area contributed by atoms with E-state index in [2.05, 4.69) is 21.2 Å². The first-order valence-corrected chi connectivity index (χ1v) is 11.3. The number of anilines is 1. The third kappa shape index (κ3) is 4.84. The zero-order valence-electron chi connectivity index (χ0n) is 14.2. The fraction of sp³-hybridized carbons (Fsp3) is 0.278. The second kappa shape index (κ2) is 8.49. The van der Waals surface area contributed by atoms with Crippen LogP contribution in [-0.2, 0) is 14.8 Å². The van der Waals surface area contributed by atoms with Gasteiger partial charge in [-0.1, -0.05) is 39.1 Å².